The summed E-state index contributed by atoms with van der Waals surface area (Å²) in [5.74, 6) is 0. The van der Waals surface area contributed by atoms with E-state index in [0.29, 0.717) is 0 Å². The van der Waals surface area contributed by atoms with Gasteiger partial charge in [0.15, 0.2) is 0 Å². The molecule has 12 heavy (non-hydrogen) atoms. The Morgan fingerprint density at radius 2 is 2.25 bits per heavy atom. The number of nitrogens with one attached hydrogen (secondary N) is 2. The first-order valence-corrected chi connectivity index (χ1v) is 4.74. The van der Waals surface area contributed by atoms with E-state index in [-0.39, 0.29) is 5.54 Å². The van der Waals surface area contributed by atoms with Crippen molar-refractivity contribution in [2.45, 2.75) is 25.3 Å². The first-order valence-electron chi connectivity index (χ1n) is 4.74. The predicted octanol–water partition coefficient (Wildman–Crippen LogP) is 0.364. The minimum Gasteiger partial charge on any atom is -0.379 e. The van der Waals surface area contributed by atoms with Gasteiger partial charge < -0.3 is 15.4 Å². The first-order chi connectivity index (χ1) is 5.77. The van der Waals surface area contributed by atoms with Gasteiger partial charge in [0.2, 0.25) is 0 Å². The smallest absolute Gasteiger partial charge is 0.0646 e. The third kappa shape index (κ3) is 3.09. The molecule has 2 N–H and O–H groups in total. The Kier molecular flexibility index (Phi) is 3.98. The average molecular weight is 172 g/mol. The fraction of sp³-hybridized carbons (Fsp3) is 1.00. The number of rotatable bonds is 5. The zero-order valence-electron chi connectivity index (χ0n) is 8.15. The van der Waals surface area contributed by atoms with Gasteiger partial charge in [-0.05, 0) is 39.9 Å². The minimum atomic E-state index is 0.244. The second kappa shape index (κ2) is 4.80. The van der Waals surface area contributed by atoms with Crippen LogP contribution in [0.25, 0.3) is 0 Å². The summed E-state index contributed by atoms with van der Waals surface area (Å²) in [6.45, 7) is 6.19. The molecule has 0 aromatic rings. The van der Waals surface area contributed by atoms with Crippen LogP contribution in [0, 0.1) is 0 Å². The Bertz CT molecular complexity index is 122. The molecule has 0 amide bonds. The molecule has 0 aromatic carbocycles. The molecule has 1 atom stereocenters. The molecule has 3 nitrogen and oxygen atoms in total. The fourth-order valence-electron chi connectivity index (χ4n) is 1.46. The predicted molar refractivity (Wildman–Crippen MR) is 50.4 cm³/mol. The number of hydrogen-bond acceptors (Lipinski definition) is 3. The Hall–Kier alpha value is -0.120. The lowest BCUT2D eigenvalue weighted by molar-refractivity contribution is 0.171. The lowest BCUT2D eigenvalue weighted by Crippen LogP contribution is -2.43. The number of hydrogen-bond donors (Lipinski definition) is 2. The Balaban J connectivity index is 2.05. The molecular formula is C9H20N2O. The second-order valence-corrected chi connectivity index (χ2v) is 3.75. The van der Waals surface area contributed by atoms with Crippen molar-refractivity contribution in [2.75, 3.05) is 33.4 Å². The van der Waals surface area contributed by atoms with Gasteiger partial charge in [0.05, 0.1) is 6.61 Å². The lowest BCUT2D eigenvalue weighted by atomic mass is 10.0. The third-order valence-electron chi connectivity index (χ3n) is 2.37. The molecule has 1 fully saturated rings. The van der Waals surface area contributed by atoms with Crippen molar-refractivity contribution < 1.29 is 4.74 Å². The van der Waals surface area contributed by atoms with E-state index in [1.54, 1.807) is 0 Å². The topological polar surface area (TPSA) is 33.3 Å². The summed E-state index contributed by atoms with van der Waals surface area (Å²) in [6, 6.07) is 0. The van der Waals surface area contributed by atoms with E-state index in [1.165, 1.54) is 6.42 Å². The summed E-state index contributed by atoms with van der Waals surface area (Å²) in [5, 5.41) is 6.66. The molecule has 1 unspecified atom stereocenters. The van der Waals surface area contributed by atoms with Gasteiger partial charge in [-0.1, -0.05) is 0 Å². The summed E-state index contributed by atoms with van der Waals surface area (Å²) in [4.78, 5) is 0. The van der Waals surface area contributed by atoms with E-state index in [4.69, 9.17) is 4.74 Å². The van der Waals surface area contributed by atoms with Gasteiger partial charge in [-0.2, -0.15) is 0 Å². The largest absolute Gasteiger partial charge is 0.379 e. The maximum Gasteiger partial charge on any atom is 0.0646 e. The highest BCUT2D eigenvalue weighted by Gasteiger charge is 2.28. The van der Waals surface area contributed by atoms with Crippen LogP contribution < -0.4 is 10.6 Å². The maximum atomic E-state index is 5.34. The molecule has 3 heteroatoms. The van der Waals surface area contributed by atoms with E-state index in [9.17, 15) is 0 Å². The standard InChI is InChI=1S/C9H20N2O/c1-9(4-7-12-8-9)11-6-3-5-10-2/h10-11H,3-8H2,1-2H3. The van der Waals surface area contributed by atoms with Crippen LogP contribution in [-0.4, -0.2) is 38.9 Å². The Morgan fingerprint density at radius 1 is 1.42 bits per heavy atom. The normalized spacial score (nSPS) is 29.5. The van der Waals surface area contributed by atoms with Crippen LogP contribution in [-0.2, 0) is 4.74 Å². The van der Waals surface area contributed by atoms with Crippen LogP contribution in [0.3, 0.4) is 0 Å². The summed E-state index contributed by atoms with van der Waals surface area (Å²) < 4.78 is 5.34. The molecule has 0 aromatic heterocycles. The van der Waals surface area contributed by atoms with Crippen molar-refractivity contribution in [3.63, 3.8) is 0 Å². The molecule has 72 valence electrons. The van der Waals surface area contributed by atoms with E-state index < -0.39 is 0 Å². The highest BCUT2D eigenvalue weighted by Crippen LogP contribution is 2.16. The van der Waals surface area contributed by atoms with Crippen molar-refractivity contribution in [3.05, 3.63) is 0 Å². The highest BCUT2D eigenvalue weighted by molar-refractivity contribution is 4.86. The molecule has 1 rings (SSSR count). The van der Waals surface area contributed by atoms with E-state index >= 15 is 0 Å². The van der Waals surface area contributed by atoms with Crippen LogP contribution in [0.4, 0.5) is 0 Å². The molecule has 0 spiro atoms. The van der Waals surface area contributed by atoms with Gasteiger partial charge in [0.1, 0.15) is 0 Å². The molecule has 1 aliphatic heterocycles. The number of ether oxygens (including phenoxy) is 1. The van der Waals surface area contributed by atoms with Crippen molar-refractivity contribution in [1.82, 2.24) is 10.6 Å². The molecule has 0 saturated carbocycles. The van der Waals surface area contributed by atoms with Crippen molar-refractivity contribution in [3.8, 4) is 0 Å². The monoisotopic (exact) mass is 172 g/mol. The quantitative estimate of drug-likeness (QED) is 0.588. The van der Waals surface area contributed by atoms with Gasteiger partial charge in [-0.25, -0.2) is 0 Å². The molecular weight excluding hydrogens is 152 g/mol. The SMILES string of the molecule is CNCCCNC1(C)CCOC1. The van der Waals surface area contributed by atoms with Gasteiger partial charge >= 0.3 is 0 Å². The molecule has 1 aliphatic rings. The first kappa shape index (κ1) is 9.96. The van der Waals surface area contributed by atoms with E-state index in [0.717, 1.165) is 32.7 Å². The maximum absolute atomic E-state index is 5.34. The fourth-order valence-corrected chi connectivity index (χ4v) is 1.46. The molecule has 0 radical (unpaired) electrons. The summed E-state index contributed by atoms with van der Waals surface area (Å²) >= 11 is 0. The zero-order valence-corrected chi connectivity index (χ0v) is 8.15. The summed E-state index contributed by atoms with van der Waals surface area (Å²) in [5.41, 5.74) is 0.244. The lowest BCUT2D eigenvalue weighted by Gasteiger charge is -2.23. The second-order valence-electron chi connectivity index (χ2n) is 3.75. The summed E-state index contributed by atoms with van der Waals surface area (Å²) in [7, 11) is 1.99. The van der Waals surface area contributed by atoms with Crippen molar-refractivity contribution >= 4 is 0 Å². The molecule has 0 aliphatic carbocycles. The van der Waals surface area contributed by atoms with Gasteiger partial charge in [0, 0.05) is 12.1 Å². The van der Waals surface area contributed by atoms with E-state index in [2.05, 4.69) is 17.6 Å². The Morgan fingerprint density at radius 3 is 2.83 bits per heavy atom. The van der Waals surface area contributed by atoms with Crippen molar-refractivity contribution in [1.29, 1.82) is 0 Å². The zero-order chi connectivity index (χ0) is 8.86. The summed E-state index contributed by atoms with van der Waals surface area (Å²) in [6.07, 6.45) is 2.33. The van der Waals surface area contributed by atoms with E-state index in [1.807, 2.05) is 7.05 Å². The van der Waals surface area contributed by atoms with Crippen LogP contribution in [0.15, 0.2) is 0 Å². The minimum absolute atomic E-state index is 0.244. The molecule has 1 saturated heterocycles. The van der Waals surface area contributed by atoms with Crippen LogP contribution in [0.5, 0.6) is 0 Å². The van der Waals surface area contributed by atoms with Gasteiger partial charge in [-0.3, -0.25) is 0 Å². The van der Waals surface area contributed by atoms with Gasteiger partial charge in [0.25, 0.3) is 0 Å². The van der Waals surface area contributed by atoms with Crippen LogP contribution in [0.2, 0.25) is 0 Å². The molecule has 1 heterocycles. The average Bonchev–Trinajstić information content (AvgIpc) is 2.47. The Labute approximate surface area is 74.9 Å². The highest BCUT2D eigenvalue weighted by atomic mass is 16.5. The third-order valence-corrected chi connectivity index (χ3v) is 2.37. The van der Waals surface area contributed by atoms with Crippen LogP contribution >= 0.6 is 0 Å². The molecule has 0 bridgehead atoms. The van der Waals surface area contributed by atoms with Gasteiger partial charge in [-0.15, -0.1) is 0 Å². The van der Waals surface area contributed by atoms with Crippen molar-refractivity contribution in [2.24, 2.45) is 0 Å². The van der Waals surface area contributed by atoms with Crippen LogP contribution in [0.1, 0.15) is 19.8 Å².